The van der Waals surface area contributed by atoms with Crippen molar-refractivity contribution < 1.29 is 4.79 Å². The number of thiazole rings is 1. The van der Waals surface area contributed by atoms with Crippen LogP contribution in [-0.2, 0) is 11.2 Å². The average Bonchev–Trinajstić information content (AvgIpc) is 2.92. The first-order valence-electron chi connectivity index (χ1n) is 8.09. The van der Waals surface area contributed by atoms with Crippen LogP contribution >= 0.6 is 36.2 Å². The highest BCUT2D eigenvalue weighted by Crippen LogP contribution is 2.22. The third kappa shape index (κ3) is 5.59. The van der Waals surface area contributed by atoms with Gasteiger partial charge in [0.1, 0.15) is 0 Å². The number of fused-ring (bicyclic) bond motifs is 1. The molecule has 2 aromatic rings. The van der Waals surface area contributed by atoms with Crippen molar-refractivity contribution in [1.82, 2.24) is 15.6 Å². The fraction of sp³-hybridized carbons (Fsp3) is 0.529. The summed E-state index contributed by atoms with van der Waals surface area (Å²) in [4.78, 5) is 16.7. The lowest BCUT2D eigenvalue weighted by atomic mass is 9.99. The van der Waals surface area contributed by atoms with Crippen molar-refractivity contribution in [2.24, 2.45) is 0 Å². The summed E-state index contributed by atoms with van der Waals surface area (Å²) in [6, 6.07) is 8.85. The van der Waals surface area contributed by atoms with Crippen LogP contribution in [0.1, 0.15) is 37.6 Å². The number of amides is 1. The number of benzene rings is 1. The lowest BCUT2D eigenvalue weighted by molar-refractivity contribution is -0.122. The SMILES string of the molecule is CC1NCCCC1NC(=O)CCCc1nc2ccccc2s1.Cl.Cl. The second kappa shape index (κ2) is 10.2. The molecule has 2 atom stereocenters. The van der Waals surface area contributed by atoms with Crippen LogP contribution in [0, 0.1) is 0 Å². The molecular weight excluding hydrogens is 365 g/mol. The summed E-state index contributed by atoms with van der Waals surface area (Å²) in [6.45, 7) is 3.20. The lowest BCUT2D eigenvalue weighted by Crippen LogP contribution is -2.51. The zero-order valence-corrected chi connectivity index (χ0v) is 16.2. The number of hydrogen-bond donors (Lipinski definition) is 2. The molecule has 0 spiro atoms. The maximum Gasteiger partial charge on any atom is 0.220 e. The maximum atomic E-state index is 12.1. The van der Waals surface area contributed by atoms with E-state index in [0.29, 0.717) is 12.5 Å². The number of aryl methyl sites for hydroxylation is 1. The minimum atomic E-state index is 0. The van der Waals surface area contributed by atoms with Crippen LogP contribution in [0.5, 0.6) is 0 Å². The molecule has 1 aliphatic rings. The second-order valence-electron chi connectivity index (χ2n) is 5.99. The van der Waals surface area contributed by atoms with E-state index >= 15 is 0 Å². The Morgan fingerprint density at radius 1 is 1.38 bits per heavy atom. The molecule has 1 fully saturated rings. The van der Waals surface area contributed by atoms with Crippen LogP contribution in [0.2, 0.25) is 0 Å². The smallest absolute Gasteiger partial charge is 0.220 e. The Morgan fingerprint density at radius 3 is 2.92 bits per heavy atom. The van der Waals surface area contributed by atoms with Crippen molar-refractivity contribution in [2.45, 2.75) is 51.1 Å². The van der Waals surface area contributed by atoms with Crippen molar-refractivity contribution >= 4 is 52.3 Å². The van der Waals surface area contributed by atoms with Crippen LogP contribution in [0.3, 0.4) is 0 Å². The number of carbonyl (C=O) groups excluding carboxylic acids is 1. The van der Waals surface area contributed by atoms with E-state index in [1.54, 1.807) is 11.3 Å². The van der Waals surface area contributed by atoms with Gasteiger partial charge in [-0.1, -0.05) is 12.1 Å². The predicted molar refractivity (Wildman–Crippen MR) is 106 cm³/mol. The number of carbonyl (C=O) groups is 1. The van der Waals surface area contributed by atoms with Gasteiger partial charge in [0, 0.05) is 18.5 Å². The van der Waals surface area contributed by atoms with Crippen LogP contribution in [0.15, 0.2) is 24.3 Å². The zero-order valence-electron chi connectivity index (χ0n) is 13.8. The number of hydrogen-bond acceptors (Lipinski definition) is 4. The first kappa shape index (κ1) is 21.2. The highest BCUT2D eigenvalue weighted by molar-refractivity contribution is 7.18. The number of nitrogens with zero attached hydrogens (tertiary/aromatic N) is 1. The van der Waals surface area contributed by atoms with Gasteiger partial charge in [0.25, 0.3) is 0 Å². The zero-order chi connectivity index (χ0) is 15.4. The van der Waals surface area contributed by atoms with Gasteiger partial charge in [-0.25, -0.2) is 4.98 Å². The van der Waals surface area contributed by atoms with Crippen LogP contribution in [-0.4, -0.2) is 29.5 Å². The van der Waals surface area contributed by atoms with Crippen LogP contribution in [0.25, 0.3) is 10.2 Å². The lowest BCUT2D eigenvalue weighted by Gasteiger charge is -2.30. The van der Waals surface area contributed by atoms with E-state index in [0.717, 1.165) is 42.8 Å². The number of piperidine rings is 1. The molecule has 0 aliphatic carbocycles. The molecule has 24 heavy (non-hydrogen) atoms. The summed E-state index contributed by atoms with van der Waals surface area (Å²) in [5, 5.41) is 7.70. The molecule has 0 bridgehead atoms. The monoisotopic (exact) mass is 389 g/mol. The van der Waals surface area contributed by atoms with E-state index in [1.165, 1.54) is 4.70 Å². The molecule has 1 saturated heterocycles. The summed E-state index contributed by atoms with van der Waals surface area (Å²) in [6.07, 6.45) is 4.54. The molecule has 1 aromatic carbocycles. The molecule has 1 aliphatic heterocycles. The second-order valence-corrected chi connectivity index (χ2v) is 7.10. The van der Waals surface area contributed by atoms with Crippen LogP contribution < -0.4 is 10.6 Å². The Labute approximate surface area is 159 Å². The summed E-state index contributed by atoms with van der Waals surface area (Å²) in [5.74, 6) is 0.168. The standard InChI is InChI=1S/C17H23N3OS.2ClH/c1-12-13(7-5-11-18-12)19-16(21)9-4-10-17-20-14-6-2-3-8-15(14)22-17;;/h2-3,6,8,12-13,18H,4-5,7,9-11H2,1H3,(H,19,21);2*1H. The summed E-state index contributed by atoms with van der Waals surface area (Å²) in [7, 11) is 0. The maximum absolute atomic E-state index is 12.1. The Kier molecular flexibility index (Phi) is 8.98. The number of rotatable bonds is 5. The summed E-state index contributed by atoms with van der Waals surface area (Å²) in [5.41, 5.74) is 1.06. The predicted octanol–water partition coefficient (Wildman–Crippen LogP) is 3.72. The van der Waals surface area contributed by atoms with Gasteiger partial charge < -0.3 is 10.6 Å². The number of para-hydroxylation sites is 1. The highest BCUT2D eigenvalue weighted by Gasteiger charge is 2.21. The Bertz CT molecular complexity index is 617. The van der Waals surface area contributed by atoms with Crippen molar-refractivity contribution in [3.05, 3.63) is 29.3 Å². The fourth-order valence-corrected chi connectivity index (χ4v) is 3.96. The van der Waals surface area contributed by atoms with Crippen LogP contribution in [0.4, 0.5) is 0 Å². The van der Waals surface area contributed by atoms with Gasteiger partial charge in [0.2, 0.25) is 5.91 Å². The van der Waals surface area contributed by atoms with E-state index < -0.39 is 0 Å². The van der Waals surface area contributed by atoms with Gasteiger partial charge >= 0.3 is 0 Å². The number of nitrogens with one attached hydrogen (secondary N) is 2. The summed E-state index contributed by atoms with van der Waals surface area (Å²) >= 11 is 1.73. The third-order valence-electron chi connectivity index (χ3n) is 4.24. The van der Waals surface area contributed by atoms with E-state index in [1.807, 2.05) is 18.2 Å². The van der Waals surface area contributed by atoms with E-state index in [4.69, 9.17) is 0 Å². The van der Waals surface area contributed by atoms with Crippen molar-refractivity contribution in [1.29, 1.82) is 0 Å². The van der Waals surface area contributed by atoms with E-state index in [9.17, 15) is 4.79 Å². The van der Waals surface area contributed by atoms with Crippen molar-refractivity contribution in [3.8, 4) is 0 Å². The molecule has 2 N–H and O–H groups in total. The normalized spacial score (nSPS) is 20.0. The summed E-state index contributed by atoms with van der Waals surface area (Å²) < 4.78 is 1.23. The van der Waals surface area contributed by atoms with Gasteiger partial charge in [-0.05, 0) is 51.3 Å². The molecular formula is C17H25Cl2N3OS. The number of halogens is 2. The molecule has 2 heterocycles. The molecule has 2 unspecified atom stereocenters. The minimum Gasteiger partial charge on any atom is -0.352 e. The van der Waals surface area contributed by atoms with E-state index in [2.05, 4.69) is 28.6 Å². The molecule has 3 rings (SSSR count). The van der Waals surface area contributed by atoms with Gasteiger partial charge in [-0.3, -0.25) is 4.79 Å². The third-order valence-corrected chi connectivity index (χ3v) is 5.34. The Morgan fingerprint density at radius 2 is 2.17 bits per heavy atom. The minimum absolute atomic E-state index is 0. The van der Waals surface area contributed by atoms with Gasteiger partial charge in [-0.15, -0.1) is 36.2 Å². The Balaban J connectivity index is 0.00000144. The van der Waals surface area contributed by atoms with Gasteiger partial charge in [0.15, 0.2) is 0 Å². The fourth-order valence-electron chi connectivity index (χ4n) is 2.95. The van der Waals surface area contributed by atoms with Gasteiger partial charge in [-0.2, -0.15) is 0 Å². The van der Waals surface area contributed by atoms with Crippen molar-refractivity contribution in [3.63, 3.8) is 0 Å². The quantitative estimate of drug-likeness (QED) is 0.818. The topological polar surface area (TPSA) is 54.0 Å². The molecule has 134 valence electrons. The van der Waals surface area contributed by atoms with Gasteiger partial charge in [0.05, 0.1) is 15.2 Å². The number of aromatic nitrogens is 1. The molecule has 0 radical (unpaired) electrons. The first-order chi connectivity index (χ1) is 10.7. The molecule has 1 aromatic heterocycles. The molecule has 4 nitrogen and oxygen atoms in total. The molecule has 0 saturated carbocycles. The first-order valence-corrected chi connectivity index (χ1v) is 8.91. The van der Waals surface area contributed by atoms with E-state index in [-0.39, 0.29) is 36.8 Å². The molecule has 1 amide bonds. The Hall–Kier alpha value is -0.880. The molecule has 7 heteroatoms. The average molecular weight is 390 g/mol. The van der Waals surface area contributed by atoms with Crippen molar-refractivity contribution in [2.75, 3.05) is 6.54 Å². The highest BCUT2D eigenvalue weighted by atomic mass is 35.5. The largest absolute Gasteiger partial charge is 0.352 e.